The Hall–Kier alpha value is -3.01. The van der Waals surface area contributed by atoms with Crippen LogP contribution in [0.2, 0.25) is 0 Å². The highest BCUT2D eigenvalue weighted by Gasteiger charge is 2.29. The molecule has 28 heavy (non-hydrogen) atoms. The first-order valence-corrected chi connectivity index (χ1v) is 9.92. The van der Waals surface area contributed by atoms with Gasteiger partial charge in [-0.3, -0.25) is 14.6 Å². The number of Topliss-reactive ketones (excluding diaryl/α,β-unsaturated/α-hetero) is 1. The van der Waals surface area contributed by atoms with Gasteiger partial charge in [-0.15, -0.1) is 0 Å². The fourth-order valence-corrected chi connectivity index (χ4v) is 3.99. The third kappa shape index (κ3) is 3.96. The van der Waals surface area contributed by atoms with E-state index in [0.29, 0.717) is 25.1 Å². The Kier molecular flexibility index (Phi) is 5.47. The lowest BCUT2D eigenvalue weighted by Crippen LogP contribution is -2.42. The van der Waals surface area contributed by atoms with Crippen LogP contribution in [0.1, 0.15) is 35.2 Å². The van der Waals surface area contributed by atoms with Crippen LogP contribution >= 0.6 is 0 Å². The van der Waals surface area contributed by atoms with Crippen molar-refractivity contribution in [1.29, 1.82) is 0 Å². The summed E-state index contributed by atoms with van der Waals surface area (Å²) in [6.07, 6.45) is 4.74. The Bertz CT molecular complexity index is 979. The molecule has 0 bridgehead atoms. The molecule has 0 radical (unpaired) electrons. The number of pyridine rings is 1. The van der Waals surface area contributed by atoms with Crippen LogP contribution in [0.15, 0.2) is 66.9 Å². The van der Waals surface area contributed by atoms with Gasteiger partial charge >= 0.3 is 0 Å². The monoisotopic (exact) mass is 372 g/mol. The van der Waals surface area contributed by atoms with Gasteiger partial charge in [-0.05, 0) is 37.0 Å². The second-order valence-electron chi connectivity index (χ2n) is 7.42. The quantitative estimate of drug-likeness (QED) is 0.671. The molecule has 1 aliphatic rings. The third-order valence-electron chi connectivity index (χ3n) is 5.53. The maximum absolute atomic E-state index is 13.1. The molecule has 0 unspecified atom stereocenters. The number of piperidine rings is 1. The number of benzene rings is 2. The predicted molar refractivity (Wildman–Crippen MR) is 110 cm³/mol. The van der Waals surface area contributed by atoms with E-state index in [-0.39, 0.29) is 17.6 Å². The standard InChI is InChI=1S/C24H24N2O2/c27-22(14-13-18-7-2-1-3-8-18)20-11-6-16-26(17-20)24(28)21-12-4-9-19-10-5-15-25-23(19)21/h1-5,7-10,12,15,20H,6,11,13-14,16-17H2/t20-/m0/s1. The van der Waals surface area contributed by atoms with Crippen molar-refractivity contribution in [2.75, 3.05) is 13.1 Å². The van der Waals surface area contributed by atoms with Gasteiger partial charge in [-0.1, -0.05) is 48.5 Å². The Morgan fingerprint density at radius 3 is 2.68 bits per heavy atom. The third-order valence-corrected chi connectivity index (χ3v) is 5.53. The van der Waals surface area contributed by atoms with Crippen LogP contribution < -0.4 is 0 Å². The van der Waals surface area contributed by atoms with Gasteiger partial charge in [0, 0.05) is 37.0 Å². The molecule has 4 heteroatoms. The lowest BCUT2D eigenvalue weighted by molar-refractivity contribution is -0.124. The Labute approximate surface area is 165 Å². The van der Waals surface area contributed by atoms with Crippen molar-refractivity contribution in [2.24, 2.45) is 5.92 Å². The van der Waals surface area contributed by atoms with Gasteiger partial charge in [-0.25, -0.2) is 0 Å². The first-order valence-electron chi connectivity index (χ1n) is 9.92. The van der Waals surface area contributed by atoms with E-state index in [2.05, 4.69) is 17.1 Å². The van der Waals surface area contributed by atoms with Crippen molar-refractivity contribution in [2.45, 2.75) is 25.7 Å². The topological polar surface area (TPSA) is 50.3 Å². The molecule has 4 nitrogen and oxygen atoms in total. The second kappa shape index (κ2) is 8.34. The molecule has 1 fully saturated rings. The van der Waals surface area contributed by atoms with Crippen LogP contribution in [-0.4, -0.2) is 34.7 Å². The first kappa shape index (κ1) is 18.4. The van der Waals surface area contributed by atoms with Gasteiger partial charge in [0.2, 0.25) is 0 Å². The van der Waals surface area contributed by atoms with E-state index in [4.69, 9.17) is 0 Å². The second-order valence-corrected chi connectivity index (χ2v) is 7.42. The number of hydrogen-bond donors (Lipinski definition) is 0. The summed E-state index contributed by atoms with van der Waals surface area (Å²) in [7, 11) is 0. The number of carbonyl (C=O) groups excluding carboxylic acids is 2. The van der Waals surface area contributed by atoms with Crippen LogP contribution in [0.4, 0.5) is 0 Å². The zero-order valence-electron chi connectivity index (χ0n) is 15.9. The summed E-state index contributed by atoms with van der Waals surface area (Å²) >= 11 is 0. The van der Waals surface area contributed by atoms with Crippen molar-refractivity contribution in [3.63, 3.8) is 0 Å². The van der Waals surface area contributed by atoms with E-state index < -0.39 is 0 Å². The van der Waals surface area contributed by atoms with Gasteiger partial charge in [0.05, 0.1) is 11.1 Å². The first-order chi connectivity index (χ1) is 13.7. The average Bonchev–Trinajstić information content (AvgIpc) is 2.77. The molecule has 3 aromatic rings. The number of ketones is 1. The highest BCUT2D eigenvalue weighted by molar-refractivity contribution is 6.05. The van der Waals surface area contributed by atoms with Gasteiger partial charge in [-0.2, -0.15) is 0 Å². The van der Waals surface area contributed by atoms with Crippen LogP contribution in [0.25, 0.3) is 10.9 Å². The lowest BCUT2D eigenvalue weighted by Gasteiger charge is -2.32. The molecular formula is C24H24N2O2. The molecule has 0 N–H and O–H groups in total. The van der Waals surface area contributed by atoms with Crippen molar-refractivity contribution < 1.29 is 9.59 Å². The Balaban J connectivity index is 1.44. The molecule has 1 aromatic heterocycles. The maximum atomic E-state index is 13.1. The van der Waals surface area contributed by atoms with Crippen LogP contribution in [0, 0.1) is 5.92 Å². The fourth-order valence-electron chi connectivity index (χ4n) is 3.99. The van der Waals surface area contributed by atoms with E-state index in [1.165, 1.54) is 5.56 Å². The summed E-state index contributed by atoms with van der Waals surface area (Å²) in [4.78, 5) is 32.1. The minimum atomic E-state index is -0.0654. The summed E-state index contributed by atoms with van der Waals surface area (Å²) in [6.45, 7) is 1.21. The summed E-state index contributed by atoms with van der Waals surface area (Å²) in [5.41, 5.74) is 2.53. The van der Waals surface area contributed by atoms with Crippen LogP contribution in [0.5, 0.6) is 0 Å². The number of carbonyl (C=O) groups is 2. The highest BCUT2D eigenvalue weighted by atomic mass is 16.2. The number of nitrogens with zero attached hydrogens (tertiary/aromatic N) is 2. The van der Waals surface area contributed by atoms with Crippen molar-refractivity contribution in [1.82, 2.24) is 9.88 Å². The van der Waals surface area contributed by atoms with Crippen molar-refractivity contribution in [3.8, 4) is 0 Å². The average molecular weight is 372 g/mol. The van der Waals surface area contributed by atoms with Gasteiger partial charge in [0.1, 0.15) is 5.78 Å². The number of rotatable bonds is 5. The number of likely N-dealkylation sites (tertiary alicyclic amines) is 1. The fraction of sp³-hybridized carbons (Fsp3) is 0.292. The summed E-state index contributed by atoms with van der Waals surface area (Å²) in [6, 6.07) is 19.6. The summed E-state index contributed by atoms with van der Waals surface area (Å²) in [5, 5.41) is 0.959. The summed E-state index contributed by atoms with van der Waals surface area (Å²) < 4.78 is 0. The number of hydrogen-bond acceptors (Lipinski definition) is 3. The van der Waals surface area contributed by atoms with E-state index in [9.17, 15) is 9.59 Å². The van der Waals surface area contributed by atoms with Gasteiger partial charge in [0.25, 0.3) is 5.91 Å². The van der Waals surface area contributed by atoms with Crippen molar-refractivity contribution in [3.05, 3.63) is 78.0 Å². The maximum Gasteiger partial charge on any atom is 0.256 e. The number of fused-ring (bicyclic) bond motifs is 1. The zero-order chi connectivity index (χ0) is 19.3. The normalized spacial score (nSPS) is 16.9. The molecule has 2 aromatic carbocycles. The molecule has 0 aliphatic carbocycles. The van der Waals surface area contributed by atoms with E-state index in [1.807, 2.05) is 53.4 Å². The molecule has 4 rings (SSSR count). The smallest absolute Gasteiger partial charge is 0.256 e. The predicted octanol–water partition coefficient (Wildman–Crippen LogP) is 4.29. The number of amides is 1. The largest absolute Gasteiger partial charge is 0.338 e. The lowest BCUT2D eigenvalue weighted by atomic mass is 9.90. The number of aryl methyl sites for hydroxylation is 1. The minimum absolute atomic E-state index is 0.0233. The zero-order valence-corrected chi connectivity index (χ0v) is 15.9. The minimum Gasteiger partial charge on any atom is -0.338 e. The number of aromatic nitrogens is 1. The SMILES string of the molecule is O=C(CCc1ccccc1)[C@H]1CCCN(C(=O)c2cccc3cccnc23)C1. The Morgan fingerprint density at radius 2 is 1.82 bits per heavy atom. The van der Waals surface area contributed by atoms with Gasteiger partial charge < -0.3 is 4.90 Å². The molecule has 1 atom stereocenters. The van der Waals surface area contributed by atoms with E-state index in [0.717, 1.165) is 30.2 Å². The molecule has 2 heterocycles. The van der Waals surface area contributed by atoms with E-state index in [1.54, 1.807) is 6.20 Å². The number of para-hydroxylation sites is 1. The van der Waals surface area contributed by atoms with E-state index >= 15 is 0 Å². The molecule has 1 amide bonds. The van der Waals surface area contributed by atoms with Crippen LogP contribution in [0.3, 0.4) is 0 Å². The Morgan fingerprint density at radius 1 is 1.00 bits per heavy atom. The highest BCUT2D eigenvalue weighted by Crippen LogP contribution is 2.24. The summed E-state index contributed by atoms with van der Waals surface area (Å²) in [5.74, 6) is 0.173. The molecule has 1 aliphatic heterocycles. The van der Waals surface area contributed by atoms with Crippen molar-refractivity contribution >= 4 is 22.6 Å². The molecule has 1 saturated heterocycles. The molecule has 0 spiro atoms. The van der Waals surface area contributed by atoms with Crippen LogP contribution in [-0.2, 0) is 11.2 Å². The molecule has 0 saturated carbocycles. The van der Waals surface area contributed by atoms with Gasteiger partial charge in [0.15, 0.2) is 0 Å². The molecule has 142 valence electrons. The molecular weight excluding hydrogens is 348 g/mol.